The minimum Gasteiger partial charge on any atom is -0.490 e. The van der Waals surface area contributed by atoms with Crippen LogP contribution in [-0.4, -0.2) is 37.3 Å². The summed E-state index contributed by atoms with van der Waals surface area (Å²) in [6.45, 7) is 8.30. The first-order valence-electron chi connectivity index (χ1n) is 13.3. The van der Waals surface area contributed by atoms with Gasteiger partial charge in [-0.3, -0.25) is 9.59 Å². The summed E-state index contributed by atoms with van der Waals surface area (Å²) in [6.07, 6.45) is 1.95. The van der Waals surface area contributed by atoms with E-state index in [0.717, 1.165) is 11.1 Å². The molecule has 218 valence electrons. The maximum atomic E-state index is 12.9. The summed E-state index contributed by atoms with van der Waals surface area (Å²) in [5.41, 5.74) is 5.10. The van der Waals surface area contributed by atoms with Gasteiger partial charge in [0.2, 0.25) is 0 Å². The molecule has 0 saturated carbocycles. The molecule has 0 fully saturated rings. The van der Waals surface area contributed by atoms with Crippen LogP contribution in [0.2, 0.25) is 5.02 Å². The Kier molecular flexibility index (Phi) is 12.5. The molecule has 0 aliphatic heterocycles. The van der Waals surface area contributed by atoms with Crippen LogP contribution in [0.15, 0.2) is 70.2 Å². The monoisotopic (exact) mass is 643 g/mol. The summed E-state index contributed by atoms with van der Waals surface area (Å²) in [7, 11) is 0. The zero-order chi connectivity index (χ0) is 29.8. The van der Waals surface area contributed by atoms with Crippen molar-refractivity contribution < 1.29 is 23.8 Å². The van der Waals surface area contributed by atoms with Crippen molar-refractivity contribution in [3.8, 4) is 17.2 Å². The number of hydrazone groups is 1. The maximum absolute atomic E-state index is 12.9. The average Bonchev–Trinajstić information content (AvgIpc) is 2.92. The van der Waals surface area contributed by atoms with Crippen LogP contribution < -0.4 is 25.0 Å². The van der Waals surface area contributed by atoms with E-state index in [4.69, 9.17) is 25.8 Å². The number of nitrogens with one attached hydrogen (secondary N) is 2. The third-order valence-electron chi connectivity index (χ3n) is 5.83. The van der Waals surface area contributed by atoms with Gasteiger partial charge in [0, 0.05) is 5.02 Å². The number of amides is 2. The number of para-hydroxylation sites is 1. The highest BCUT2D eigenvalue weighted by Crippen LogP contribution is 2.37. The van der Waals surface area contributed by atoms with Crippen molar-refractivity contribution in [3.05, 3.63) is 86.8 Å². The maximum Gasteiger partial charge on any atom is 0.262 e. The Balaban J connectivity index is 1.63. The number of ether oxygens (including phenoxy) is 3. The second kappa shape index (κ2) is 16.0. The number of aryl methyl sites for hydroxylation is 1. The molecule has 8 nitrogen and oxygen atoms in total. The summed E-state index contributed by atoms with van der Waals surface area (Å²) in [6, 6.07) is 17.7. The highest BCUT2D eigenvalue weighted by atomic mass is 79.9. The van der Waals surface area contributed by atoms with E-state index in [9.17, 15) is 9.59 Å². The normalized spacial score (nSPS) is 11.8. The van der Waals surface area contributed by atoms with Gasteiger partial charge in [-0.25, -0.2) is 5.43 Å². The van der Waals surface area contributed by atoms with Crippen LogP contribution in [-0.2, 0) is 16.2 Å². The van der Waals surface area contributed by atoms with Gasteiger partial charge in [0.05, 0.1) is 17.3 Å². The Morgan fingerprint density at radius 3 is 2.44 bits per heavy atom. The summed E-state index contributed by atoms with van der Waals surface area (Å²) in [5, 5.41) is 7.54. The first-order valence-corrected chi connectivity index (χ1v) is 14.5. The molecule has 0 radical (unpaired) electrons. The van der Waals surface area contributed by atoms with E-state index in [0.29, 0.717) is 51.9 Å². The Morgan fingerprint density at radius 1 is 1.02 bits per heavy atom. The highest BCUT2D eigenvalue weighted by molar-refractivity contribution is 9.10. The SMILES string of the molecule is CCOc1cc(/C=N\NC(=O)[C@H](CC(C)C)NC(=O)COc2ccccc2C)cc(Br)c1OCc1ccc(Cl)cc1. The van der Waals surface area contributed by atoms with E-state index in [1.54, 1.807) is 12.1 Å². The number of nitrogens with zero attached hydrogens (tertiary/aromatic N) is 1. The molecular formula is C31H35BrClN3O5. The number of carbonyl (C=O) groups excluding carboxylic acids is 2. The Labute approximate surface area is 254 Å². The smallest absolute Gasteiger partial charge is 0.262 e. The van der Waals surface area contributed by atoms with Crippen LogP contribution in [0.25, 0.3) is 0 Å². The molecule has 3 aromatic rings. The molecule has 0 saturated heterocycles. The second-order valence-corrected chi connectivity index (χ2v) is 11.0. The summed E-state index contributed by atoms with van der Waals surface area (Å²) < 4.78 is 18.1. The minimum atomic E-state index is -0.769. The predicted octanol–water partition coefficient (Wildman–Crippen LogP) is 6.45. The van der Waals surface area contributed by atoms with Crippen molar-refractivity contribution in [2.45, 2.75) is 46.8 Å². The molecule has 0 heterocycles. The largest absolute Gasteiger partial charge is 0.490 e. The van der Waals surface area contributed by atoms with Crippen molar-refractivity contribution in [3.63, 3.8) is 0 Å². The van der Waals surface area contributed by atoms with Gasteiger partial charge in [-0.15, -0.1) is 0 Å². The second-order valence-electron chi connectivity index (χ2n) is 9.72. The molecule has 1 atom stereocenters. The molecule has 0 bridgehead atoms. The fourth-order valence-corrected chi connectivity index (χ4v) is 4.55. The fourth-order valence-electron chi connectivity index (χ4n) is 3.85. The summed E-state index contributed by atoms with van der Waals surface area (Å²) in [5.74, 6) is 1.05. The molecule has 0 aliphatic rings. The Bertz CT molecular complexity index is 1350. The molecular weight excluding hydrogens is 610 g/mol. The topological polar surface area (TPSA) is 98.2 Å². The van der Waals surface area contributed by atoms with Gasteiger partial charge in [-0.1, -0.05) is 55.8 Å². The average molecular weight is 645 g/mol. The molecule has 41 heavy (non-hydrogen) atoms. The molecule has 0 aliphatic carbocycles. The van der Waals surface area contributed by atoms with Gasteiger partial charge < -0.3 is 19.5 Å². The molecule has 0 aromatic heterocycles. The van der Waals surface area contributed by atoms with Gasteiger partial charge in [-0.2, -0.15) is 5.10 Å². The summed E-state index contributed by atoms with van der Waals surface area (Å²) >= 11 is 9.52. The number of hydrogen-bond acceptors (Lipinski definition) is 6. The predicted molar refractivity (Wildman–Crippen MR) is 165 cm³/mol. The van der Waals surface area contributed by atoms with Gasteiger partial charge in [-0.05, 0) is 89.1 Å². The first-order chi connectivity index (χ1) is 19.7. The number of carbonyl (C=O) groups is 2. The van der Waals surface area contributed by atoms with Gasteiger partial charge in [0.25, 0.3) is 11.8 Å². The Hall–Kier alpha value is -3.56. The Morgan fingerprint density at radius 2 is 1.76 bits per heavy atom. The van der Waals surface area contributed by atoms with Crippen molar-refractivity contribution in [2.24, 2.45) is 11.0 Å². The lowest BCUT2D eigenvalue weighted by Gasteiger charge is -2.19. The number of hydrogen-bond donors (Lipinski definition) is 2. The zero-order valence-electron chi connectivity index (χ0n) is 23.6. The number of halogens is 2. The minimum absolute atomic E-state index is 0.164. The number of rotatable bonds is 14. The highest BCUT2D eigenvalue weighted by Gasteiger charge is 2.22. The molecule has 3 aromatic carbocycles. The van der Waals surface area contributed by atoms with E-state index >= 15 is 0 Å². The van der Waals surface area contributed by atoms with Gasteiger partial charge in [0.1, 0.15) is 18.4 Å². The molecule has 0 spiro atoms. The van der Waals surface area contributed by atoms with E-state index in [1.165, 1.54) is 6.21 Å². The van der Waals surface area contributed by atoms with Crippen LogP contribution in [0, 0.1) is 12.8 Å². The van der Waals surface area contributed by atoms with Gasteiger partial charge >= 0.3 is 0 Å². The molecule has 10 heteroatoms. The van der Waals surface area contributed by atoms with E-state index in [2.05, 4.69) is 31.8 Å². The molecule has 3 rings (SSSR count). The van der Waals surface area contributed by atoms with Crippen LogP contribution >= 0.6 is 27.5 Å². The molecule has 2 N–H and O–H groups in total. The standard InChI is InChI=1S/C31H35BrClN3O5/c1-5-39-28-16-23(15-25(32)30(28)41-18-22-10-12-24(33)13-11-22)17-34-36-31(38)26(14-20(2)3)35-29(37)19-40-27-9-7-6-8-21(27)4/h6-13,15-17,20,26H,5,14,18-19H2,1-4H3,(H,35,37)(H,36,38)/b34-17-/t26-/m0/s1. The zero-order valence-corrected chi connectivity index (χ0v) is 25.9. The van der Waals surface area contributed by atoms with Crippen molar-refractivity contribution in [2.75, 3.05) is 13.2 Å². The third kappa shape index (κ3) is 10.4. The van der Waals surface area contributed by atoms with Crippen molar-refractivity contribution in [1.29, 1.82) is 0 Å². The van der Waals surface area contributed by atoms with Crippen LogP contribution in [0.1, 0.15) is 43.9 Å². The van der Waals surface area contributed by atoms with E-state index in [1.807, 2.05) is 76.2 Å². The quantitative estimate of drug-likeness (QED) is 0.155. The third-order valence-corrected chi connectivity index (χ3v) is 6.67. The lowest BCUT2D eigenvalue weighted by atomic mass is 10.0. The van der Waals surface area contributed by atoms with E-state index < -0.39 is 17.9 Å². The fraction of sp³-hybridized carbons (Fsp3) is 0.323. The van der Waals surface area contributed by atoms with Crippen molar-refractivity contribution >= 4 is 45.6 Å². The van der Waals surface area contributed by atoms with Crippen molar-refractivity contribution in [1.82, 2.24) is 10.7 Å². The molecule has 2 amide bonds. The number of benzene rings is 3. The van der Waals surface area contributed by atoms with Crippen LogP contribution in [0.4, 0.5) is 0 Å². The lowest BCUT2D eigenvalue weighted by Crippen LogP contribution is -2.47. The van der Waals surface area contributed by atoms with Gasteiger partial charge in [0.15, 0.2) is 18.1 Å². The first kappa shape index (κ1) is 32.0. The lowest BCUT2D eigenvalue weighted by molar-refractivity contribution is -0.130. The van der Waals surface area contributed by atoms with Crippen LogP contribution in [0.5, 0.6) is 17.2 Å². The van der Waals surface area contributed by atoms with Crippen LogP contribution in [0.3, 0.4) is 0 Å². The molecule has 0 unspecified atom stereocenters. The van der Waals surface area contributed by atoms with E-state index in [-0.39, 0.29) is 12.5 Å². The summed E-state index contributed by atoms with van der Waals surface area (Å²) in [4.78, 5) is 25.5.